The average molecular weight is 347 g/mol. The molecule has 2 N–H and O–H groups in total. The molecule has 2 saturated heterocycles. The number of rotatable bonds is 5. The third kappa shape index (κ3) is 3.32. The van der Waals surface area contributed by atoms with Gasteiger partial charge in [-0.05, 0) is 25.7 Å². The van der Waals surface area contributed by atoms with Crippen LogP contribution in [0.25, 0.3) is 0 Å². The zero-order chi connectivity index (χ0) is 18.1. The molecule has 136 valence electrons. The summed E-state index contributed by atoms with van der Waals surface area (Å²) in [6.45, 7) is 2.28. The van der Waals surface area contributed by atoms with Crippen LogP contribution in [0.15, 0.2) is 12.2 Å². The molecule has 3 aliphatic rings. The standard InChI is InChI=1S/C18H25N3O4/c1-11(17(19)24)6-7-15(23)20-9-8-13-16(20)14(22)10-21(13)18(25)12-4-2-3-5-12/h2-3,11-13,16H,4-10H2,1H3,(H2,19,24). The van der Waals surface area contributed by atoms with Crippen molar-refractivity contribution in [3.8, 4) is 0 Å². The van der Waals surface area contributed by atoms with Crippen LogP contribution < -0.4 is 5.73 Å². The van der Waals surface area contributed by atoms with Crippen molar-refractivity contribution in [2.45, 2.75) is 51.1 Å². The Kier molecular flexibility index (Phi) is 4.92. The largest absolute Gasteiger partial charge is 0.369 e. The van der Waals surface area contributed by atoms with E-state index in [0.29, 0.717) is 19.4 Å². The van der Waals surface area contributed by atoms with Crippen LogP contribution in [0.4, 0.5) is 0 Å². The molecule has 3 atom stereocenters. The Hall–Kier alpha value is -2.18. The topological polar surface area (TPSA) is 101 Å². The van der Waals surface area contributed by atoms with Gasteiger partial charge >= 0.3 is 0 Å². The predicted molar refractivity (Wildman–Crippen MR) is 90.1 cm³/mol. The van der Waals surface area contributed by atoms with Gasteiger partial charge in [0.2, 0.25) is 17.7 Å². The van der Waals surface area contributed by atoms with E-state index >= 15 is 0 Å². The number of allylic oxidation sites excluding steroid dienone is 2. The molecule has 3 unspecified atom stereocenters. The number of hydrogen-bond donors (Lipinski definition) is 1. The van der Waals surface area contributed by atoms with Gasteiger partial charge in [-0.3, -0.25) is 19.2 Å². The third-order valence-electron chi connectivity index (χ3n) is 5.66. The summed E-state index contributed by atoms with van der Waals surface area (Å²) in [6.07, 6.45) is 6.68. The van der Waals surface area contributed by atoms with Gasteiger partial charge in [0.15, 0.2) is 5.78 Å². The molecule has 1 aliphatic carbocycles. The SMILES string of the molecule is CC(CCC(=O)N1CCC2C1C(=O)CN2C(=O)C1CC=CC1)C(N)=O. The number of fused-ring (bicyclic) bond motifs is 1. The highest BCUT2D eigenvalue weighted by Gasteiger charge is 2.51. The molecule has 7 heteroatoms. The molecule has 7 nitrogen and oxygen atoms in total. The van der Waals surface area contributed by atoms with Crippen molar-refractivity contribution in [3.05, 3.63) is 12.2 Å². The van der Waals surface area contributed by atoms with Crippen LogP contribution in [0.5, 0.6) is 0 Å². The van der Waals surface area contributed by atoms with E-state index in [2.05, 4.69) is 0 Å². The van der Waals surface area contributed by atoms with Gasteiger partial charge in [-0.25, -0.2) is 0 Å². The van der Waals surface area contributed by atoms with Crippen molar-refractivity contribution in [2.75, 3.05) is 13.1 Å². The fourth-order valence-corrected chi connectivity index (χ4v) is 4.07. The minimum Gasteiger partial charge on any atom is -0.369 e. The Morgan fingerprint density at radius 3 is 2.56 bits per heavy atom. The second-order valence-electron chi connectivity index (χ2n) is 7.30. The Labute approximate surface area is 147 Å². The van der Waals surface area contributed by atoms with Gasteiger partial charge < -0.3 is 15.5 Å². The molecule has 0 aromatic rings. The van der Waals surface area contributed by atoms with Crippen LogP contribution in [0.1, 0.15) is 39.0 Å². The molecule has 0 saturated carbocycles. The van der Waals surface area contributed by atoms with Crippen LogP contribution in [0.2, 0.25) is 0 Å². The van der Waals surface area contributed by atoms with E-state index in [1.807, 2.05) is 12.2 Å². The van der Waals surface area contributed by atoms with Crippen molar-refractivity contribution >= 4 is 23.5 Å². The second-order valence-corrected chi connectivity index (χ2v) is 7.30. The lowest BCUT2D eigenvalue weighted by molar-refractivity contribution is -0.137. The first kappa shape index (κ1) is 17.6. The molecule has 2 heterocycles. The predicted octanol–water partition coefficient (Wildman–Crippen LogP) is 0.235. The first-order valence-corrected chi connectivity index (χ1v) is 8.97. The Morgan fingerprint density at radius 2 is 1.92 bits per heavy atom. The summed E-state index contributed by atoms with van der Waals surface area (Å²) in [6, 6.07) is -0.715. The maximum atomic E-state index is 12.7. The van der Waals surface area contributed by atoms with Gasteiger partial charge in [0.1, 0.15) is 6.04 Å². The number of primary amides is 1. The van der Waals surface area contributed by atoms with Gasteiger partial charge in [-0.2, -0.15) is 0 Å². The number of Topliss-reactive ketones (excluding diaryl/α,β-unsaturated/α-hetero) is 1. The fraction of sp³-hybridized carbons (Fsp3) is 0.667. The highest BCUT2D eigenvalue weighted by Crippen LogP contribution is 2.33. The van der Waals surface area contributed by atoms with Crippen molar-refractivity contribution in [1.82, 2.24) is 9.80 Å². The van der Waals surface area contributed by atoms with Gasteiger partial charge in [0.05, 0.1) is 12.6 Å². The number of nitrogens with zero attached hydrogens (tertiary/aromatic N) is 2. The number of carbonyl (C=O) groups is 4. The van der Waals surface area contributed by atoms with Gasteiger partial charge in [0.25, 0.3) is 0 Å². The Bertz CT molecular complexity index is 622. The van der Waals surface area contributed by atoms with Crippen molar-refractivity contribution in [1.29, 1.82) is 0 Å². The summed E-state index contributed by atoms with van der Waals surface area (Å²) in [5.41, 5.74) is 5.23. The number of nitrogens with two attached hydrogens (primary N) is 1. The van der Waals surface area contributed by atoms with E-state index in [0.717, 1.165) is 12.8 Å². The molecule has 0 spiro atoms. The van der Waals surface area contributed by atoms with E-state index in [-0.39, 0.29) is 48.4 Å². The lowest BCUT2D eigenvalue weighted by Crippen LogP contribution is -2.44. The first-order chi connectivity index (χ1) is 11.9. The van der Waals surface area contributed by atoms with Gasteiger partial charge in [0, 0.05) is 24.8 Å². The Morgan fingerprint density at radius 1 is 1.24 bits per heavy atom. The normalized spacial score (nSPS) is 27.0. The van der Waals surface area contributed by atoms with Crippen LogP contribution in [-0.2, 0) is 19.2 Å². The van der Waals surface area contributed by atoms with Crippen LogP contribution >= 0.6 is 0 Å². The smallest absolute Gasteiger partial charge is 0.227 e. The molecule has 0 bridgehead atoms. The average Bonchev–Trinajstić information content (AvgIpc) is 3.29. The Balaban J connectivity index is 1.63. The fourth-order valence-electron chi connectivity index (χ4n) is 4.07. The van der Waals surface area contributed by atoms with Crippen molar-refractivity contribution in [2.24, 2.45) is 17.6 Å². The number of hydrogen-bond acceptors (Lipinski definition) is 4. The molecule has 25 heavy (non-hydrogen) atoms. The molecular formula is C18H25N3O4. The zero-order valence-electron chi connectivity index (χ0n) is 14.5. The monoisotopic (exact) mass is 347 g/mol. The molecule has 2 aliphatic heterocycles. The van der Waals surface area contributed by atoms with E-state index in [4.69, 9.17) is 5.73 Å². The number of carbonyl (C=O) groups excluding carboxylic acids is 4. The van der Waals surface area contributed by atoms with Crippen LogP contribution in [-0.4, -0.2) is 58.5 Å². The molecule has 0 aromatic heterocycles. The summed E-state index contributed by atoms with van der Waals surface area (Å²) in [5, 5.41) is 0. The maximum Gasteiger partial charge on any atom is 0.227 e. The molecule has 3 rings (SSSR count). The third-order valence-corrected chi connectivity index (χ3v) is 5.66. The highest BCUT2D eigenvalue weighted by atomic mass is 16.2. The molecular weight excluding hydrogens is 322 g/mol. The lowest BCUT2D eigenvalue weighted by Gasteiger charge is -2.26. The first-order valence-electron chi connectivity index (χ1n) is 8.97. The van der Waals surface area contributed by atoms with E-state index in [1.54, 1.807) is 16.7 Å². The van der Waals surface area contributed by atoms with E-state index < -0.39 is 11.9 Å². The van der Waals surface area contributed by atoms with Crippen molar-refractivity contribution in [3.63, 3.8) is 0 Å². The second kappa shape index (κ2) is 6.98. The molecule has 3 amide bonds. The van der Waals surface area contributed by atoms with Crippen LogP contribution in [0.3, 0.4) is 0 Å². The summed E-state index contributed by atoms with van der Waals surface area (Å²) in [4.78, 5) is 52.0. The summed E-state index contributed by atoms with van der Waals surface area (Å²) in [7, 11) is 0. The van der Waals surface area contributed by atoms with Crippen LogP contribution in [0, 0.1) is 11.8 Å². The highest BCUT2D eigenvalue weighted by molar-refractivity contribution is 5.98. The molecule has 0 aromatic carbocycles. The number of likely N-dealkylation sites (tertiary alicyclic amines) is 2. The maximum absolute atomic E-state index is 12.7. The zero-order valence-corrected chi connectivity index (χ0v) is 14.5. The molecule has 2 fully saturated rings. The number of ketones is 1. The summed E-state index contributed by atoms with van der Waals surface area (Å²) < 4.78 is 0. The number of amides is 3. The lowest BCUT2D eigenvalue weighted by atomic mass is 10.0. The van der Waals surface area contributed by atoms with Gasteiger partial charge in [-0.15, -0.1) is 0 Å². The van der Waals surface area contributed by atoms with E-state index in [1.165, 1.54) is 0 Å². The molecule has 0 radical (unpaired) electrons. The van der Waals surface area contributed by atoms with Crippen molar-refractivity contribution < 1.29 is 19.2 Å². The van der Waals surface area contributed by atoms with Gasteiger partial charge in [-0.1, -0.05) is 19.1 Å². The summed E-state index contributed by atoms with van der Waals surface area (Å²) in [5.74, 6) is -1.01. The minimum absolute atomic E-state index is 0.0301. The quantitative estimate of drug-likeness (QED) is 0.720. The summed E-state index contributed by atoms with van der Waals surface area (Å²) >= 11 is 0. The minimum atomic E-state index is -0.519. The van der Waals surface area contributed by atoms with E-state index in [9.17, 15) is 19.2 Å².